The molecule has 0 amide bonds. The zero-order chi connectivity index (χ0) is 14.8. The SMILES string of the molecule is Oc1cccc(Cl)c1CNc1ccc(Br)c2ccccc12. The Kier molecular flexibility index (Phi) is 4.04. The van der Waals surface area contributed by atoms with Crippen molar-refractivity contribution in [3.8, 4) is 5.75 Å². The van der Waals surface area contributed by atoms with E-state index < -0.39 is 0 Å². The predicted octanol–water partition coefficient (Wildman–Crippen LogP) is 5.57. The molecule has 0 atom stereocenters. The maximum Gasteiger partial charge on any atom is 0.122 e. The summed E-state index contributed by atoms with van der Waals surface area (Å²) >= 11 is 9.69. The Labute approximate surface area is 136 Å². The van der Waals surface area contributed by atoms with Gasteiger partial charge in [-0.2, -0.15) is 0 Å². The normalized spacial score (nSPS) is 10.8. The molecule has 0 aliphatic heterocycles. The van der Waals surface area contributed by atoms with Crippen LogP contribution >= 0.6 is 27.5 Å². The zero-order valence-corrected chi connectivity index (χ0v) is 13.4. The van der Waals surface area contributed by atoms with E-state index in [2.05, 4.69) is 33.4 Å². The second kappa shape index (κ2) is 5.96. The average molecular weight is 363 g/mol. The second-order valence-electron chi connectivity index (χ2n) is 4.73. The number of phenols is 1. The van der Waals surface area contributed by atoms with Crippen LogP contribution in [0.25, 0.3) is 10.8 Å². The van der Waals surface area contributed by atoms with Gasteiger partial charge in [-0.05, 0) is 29.7 Å². The molecular formula is C17H13BrClNO. The van der Waals surface area contributed by atoms with Crippen LogP contribution in [0.5, 0.6) is 5.75 Å². The van der Waals surface area contributed by atoms with Crippen LogP contribution in [-0.4, -0.2) is 5.11 Å². The first-order valence-electron chi connectivity index (χ1n) is 6.54. The number of phenolic OH excluding ortho intramolecular Hbond substituents is 1. The van der Waals surface area contributed by atoms with Gasteiger partial charge in [-0.3, -0.25) is 0 Å². The number of halogens is 2. The fraction of sp³-hybridized carbons (Fsp3) is 0.0588. The Morgan fingerprint density at radius 2 is 1.71 bits per heavy atom. The van der Waals surface area contributed by atoms with Gasteiger partial charge in [0.25, 0.3) is 0 Å². The highest BCUT2D eigenvalue weighted by atomic mass is 79.9. The van der Waals surface area contributed by atoms with Crippen molar-refractivity contribution in [2.45, 2.75) is 6.54 Å². The molecular weight excluding hydrogens is 350 g/mol. The number of anilines is 1. The number of nitrogens with one attached hydrogen (secondary N) is 1. The van der Waals surface area contributed by atoms with Crippen molar-refractivity contribution in [1.82, 2.24) is 0 Å². The van der Waals surface area contributed by atoms with E-state index in [4.69, 9.17) is 11.6 Å². The van der Waals surface area contributed by atoms with Gasteiger partial charge in [-0.25, -0.2) is 0 Å². The Hall–Kier alpha value is -1.71. The molecule has 0 aliphatic rings. The van der Waals surface area contributed by atoms with Crippen molar-refractivity contribution < 1.29 is 5.11 Å². The second-order valence-corrected chi connectivity index (χ2v) is 5.99. The summed E-state index contributed by atoms with van der Waals surface area (Å²) in [6.45, 7) is 0.469. The molecule has 0 radical (unpaired) electrons. The molecule has 106 valence electrons. The van der Waals surface area contributed by atoms with Crippen LogP contribution in [0.2, 0.25) is 5.02 Å². The number of benzene rings is 3. The molecule has 0 aliphatic carbocycles. The van der Waals surface area contributed by atoms with Crippen molar-refractivity contribution in [3.63, 3.8) is 0 Å². The molecule has 0 saturated heterocycles. The maximum absolute atomic E-state index is 9.89. The lowest BCUT2D eigenvalue weighted by atomic mass is 10.1. The third kappa shape index (κ3) is 2.85. The molecule has 2 N–H and O–H groups in total. The summed E-state index contributed by atoms with van der Waals surface area (Å²) in [5, 5.41) is 16.1. The Balaban J connectivity index is 1.94. The Morgan fingerprint density at radius 3 is 2.48 bits per heavy atom. The van der Waals surface area contributed by atoms with Crippen molar-refractivity contribution in [1.29, 1.82) is 0 Å². The summed E-state index contributed by atoms with van der Waals surface area (Å²) in [5.41, 5.74) is 1.71. The molecule has 0 aromatic heterocycles. The topological polar surface area (TPSA) is 32.3 Å². The molecule has 0 spiro atoms. The molecule has 3 rings (SSSR count). The van der Waals surface area contributed by atoms with Gasteiger partial charge in [0.05, 0.1) is 0 Å². The lowest BCUT2D eigenvalue weighted by Gasteiger charge is -2.13. The summed E-state index contributed by atoms with van der Waals surface area (Å²) < 4.78 is 1.06. The number of aromatic hydroxyl groups is 1. The van der Waals surface area contributed by atoms with E-state index in [-0.39, 0.29) is 5.75 Å². The van der Waals surface area contributed by atoms with Crippen LogP contribution in [0.1, 0.15) is 5.56 Å². The smallest absolute Gasteiger partial charge is 0.122 e. The molecule has 0 saturated carbocycles. The van der Waals surface area contributed by atoms with E-state index in [1.165, 1.54) is 0 Å². The van der Waals surface area contributed by atoms with Crippen LogP contribution in [0, 0.1) is 0 Å². The van der Waals surface area contributed by atoms with Crippen molar-refractivity contribution in [2.24, 2.45) is 0 Å². The van der Waals surface area contributed by atoms with Crippen molar-refractivity contribution >= 4 is 44.0 Å². The van der Waals surface area contributed by atoms with Crippen LogP contribution in [0.15, 0.2) is 59.1 Å². The quantitative estimate of drug-likeness (QED) is 0.638. The maximum atomic E-state index is 9.89. The first-order valence-corrected chi connectivity index (χ1v) is 7.71. The number of fused-ring (bicyclic) bond motifs is 1. The fourth-order valence-corrected chi connectivity index (χ4v) is 3.04. The Morgan fingerprint density at radius 1 is 0.952 bits per heavy atom. The van der Waals surface area contributed by atoms with Gasteiger partial charge in [0, 0.05) is 32.7 Å². The van der Waals surface area contributed by atoms with Gasteiger partial charge in [-0.1, -0.05) is 57.9 Å². The van der Waals surface area contributed by atoms with Crippen LogP contribution < -0.4 is 5.32 Å². The number of hydrogen-bond donors (Lipinski definition) is 2. The van der Waals surface area contributed by atoms with E-state index in [9.17, 15) is 5.11 Å². The van der Waals surface area contributed by atoms with E-state index in [0.717, 1.165) is 20.9 Å². The standard InChI is InChI=1S/C17H13BrClNO/c18-14-8-9-16(12-5-2-1-4-11(12)14)20-10-13-15(19)6-3-7-17(13)21/h1-9,20-21H,10H2. The number of hydrogen-bond acceptors (Lipinski definition) is 2. The summed E-state index contributed by atoms with van der Waals surface area (Å²) in [6, 6.07) is 17.3. The van der Waals surface area contributed by atoms with Crippen LogP contribution in [0.3, 0.4) is 0 Å². The van der Waals surface area contributed by atoms with Crippen LogP contribution in [-0.2, 0) is 6.54 Å². The molecule has 3 aromatic carbocycles. The van der Waals surface area contributed by atoms with Gasteiger partial charge in [0.1, 0.15) is 5.75 Å². The lowest BCUT2D eigenvalue weighted by molar-refractivity contribution is 0.469. The molecule has 0 bridgehead atoms. The largest absolute Gasteiger partial charge is 0.508 e. The lowest BCUT2D eigenvalue weighted by Crippen LogP contribution is -2.01. The molecule has 0 heterocycles. The van der Waals surface area contributed by atoms with E-state index >= 15 is 0 Å². The van der Waals surface area contributed by atoms with E-state index in [1.807, 2.05) is 24.3 Å². The molecule has 4 heteroatoms. The van der Waals surface area contributed by atoms with Crippen LogP contribution in [0.4, 0.5) is 5.69 Å². The third-order valence-electron chi connectivity index (χ3n) is 3.42. The van der Waals surface area contributed by atoms with Crippen molar-refractivity contribution in [3.05, 3.63) is 69.7 Å². The van der Waals surface area contributed by atoms with Gasteiger partial charge < -0.3 is 10.4 Å². The average Bonchev–Trinajstić information content (AvgIpc) is 2.49. The molecule has 0 fully saturated rings. The minimum absolute atomic E-state index is 0.205. The minimum atomic E-state index is 0.205. The molecule has 0 unspecified atom stereocenters. The van der Waals surface area contributed by atoms with E-state index in [1.54, 1.807) is 18.2 Å². The summed E-state index contributed by atoms with van der Waals surface area (Å²) in [7, 11) is 0. The van der Waals surface area contributed by atoms with Gasteiger partial charge in [-0.15, -0.1) is 0 Å². The third-order valence-corrected chi connectivity index (χ3v) is 4.47. The van der Waals surface area contributed by atoms with Crippen molar-refractivity contribution in [2.75, 3.05) is 5.32 Å². The fourth-order valence-electron chi connectivity index (χ4n) is 2.32. The minimum Gasteiger partial charge on any atom is -0.508 e. The van der Waals surface area contributed by atoms with Gasteiger partial charge in [0.15, 0.2) is 0 Å². The zero-order valence-electron chi connectivity index (χ0n) is 11.1. The highest BCUT2D eigenvalue weighted by molar-refractivity contribution is 9.10. The Bertz CT molecular complexity index is 784. The molecule has 21 heavy (non-hydrogen) atoms. The highest BCUT2D eigenvalue weighted by Crippen LogP contribution is 2.31. The molecule has 2 nitrogen and oxygen atoms in total. The van der Waals surface area contributed by atoms with E-state index in [0.29, 0.717) is 17.1 Å². The summed E-state index contributed by atoms with van der Waals surface area (Å²) in [5.74, 6) is 0.205. The van der Waals surface area contributed by atoms with Gasteiger partial charge >= 0.3 is 0 Å². The van der Waals surface area contributed by atoms with Gasteiger partial charge in [0.2, 0.25) is 0 Å². The predicted molar refractivity (Wildman–Crippen MR) is 92.1 cm³/mol. The summed E-state index contributed by atoms with van der Waals surface area (Å²) in [4.78, 5) is 0. The highest BCUT2D eigenvalue weighted by Gasteiger charge is 2.08. The number of rotatable bonds is 3. The monoisotopic (exact) mass is 361 g/mol. The molecule has 3 aromatic rings. The first kappa shape index (κ1) is 14.2. The first-order chi connectivity index (χ1) is 10.2. The summed E-state index contributed by atoms with van der Waals surface area (Å²) in [6.07, 6.45) is 0.